The first-order chi connectivity index (χ1) is 17.9. The van der Waals surface area contributed by atoms with Crippen molar-refractivity contribution in [3.8, 4) is 6.07 Å². The Balaban J connectivity index is 1.21. The standard InChI is InChI=1S/C28H32N8S/c1-18-5-6-24(12-22(18)14-29)32-28-31-15-23-16-35(17-26(23)33-28)25-8-10-36(19(2)11-25)20(3)21-7-9-30-27(13-21)34-37-4/h5-7,9,12-13,15,19,25H,3,8,10-11,16-17H2,1-2,4H3,(H,30,34)(H,31,32,33)/t19-,25+/m1/s1. The van der Waals surface area contributed by atoms with Gasteiger partial charge in [-0.3, -0.25) is 4.90 Å². The van der Waals surface area contributed by atoms with E-state index in [4.69, 9.17) is 4.98 Å². The molecule has 2 aromatic heterocycles. The highest BCUT2D eigenvalue weighted by Crippen LogP contribution is 2.33. The molecule has 8 nitrogen and oxygen atoms in total. The summed E-state index contributed by atoms with van der Waals surface area (Å²) in [4.78, 5) is 18.7. The number of benzene rings is 1. The van der Waals surface area contributed by atoms with Gasteiger partial charge in [0.25, 0.3) is 0 Å². The quantitative estimate of drug-likeness (QED) is 0.408. The zero-order chi connectivity index (χ0) is 25.9. The van der Waals surface area contributed by atoms with Gasteiger partial charge in [0.05, 0.1) is 17.3 Å². The molecule has 0 spiro atoms. The highest BCUT2D eigenvalue weighted by molar-refractivity contribution is 7.99. The molecule has 2 aliphatic heterocycles. The van der Waals surface area contributed by atoms with Crippen LogP contribution in [0.4, 0.5) is 17.5 Å². The van der Waals surface area contributed by atoms with Crippen molar-refractivity contribution >= 4 is 35.1 Å². The Morgan fingerprint density at radius 1 is 1.22 bits per heavy atom. The van der Waals surface area contributed by atoms with E-state index in [2.05, 4.69) is 55.4 Å². The maximum absolute atomic E-state index is 9.31. The SMILES string of the molecule is C=C(c1ccnc(NSC)c1)N1CC[C@H](N2Cc3cnc(Nc4ccc(C)c(C#N)c4)nc3C2)C[C@H]1C. The van der Waals surface area contributed by atoms with Gasteiger partial charge in [-0.05, 0) is 56.5 Å². The number of hydrogen-bond acceptors (Lipinski definition) is 9. The molecule has 4 heterocycles. The largest absolute Gasteiger partial charge is 0.369 e. The van der Waals surface area contributed by atoms with E-state index in [9.17, 15) is 5.26 Å². The molecule has 0 saturated carbocycles. The number of pyridine rings is 1. The summed E-state index contributed by atoms with van der Waals surface area (Å²) in [5, 5.41) is 12.6. The highest BCUT2D eigenvalue weighted by atomic mass is 32.2. The first kappa shape index (κ1) is 25.1. The van der Waals surface area contributed by atoms with E-state index in [-0.39, 0.29) is 0 Å². The van der Waals surface area contributed by atoms with E-state index in [1.807, 2.05) is 49.8 Å². The van der Waals surface area contributed by atoms with Crippen molar-refractivity contribution in [2.75, 3.05) is 22.8 Å². The minimum Gasteiger partial charge on any atom is -0.369 e. The topological polar surface area (TPSA) is 93.0 Å². The average molecular weight is 513 g/mol. The van der Waals surface area contributed by atoms with Crippen LogP contribution >= 0.6 is 11.9 Å². The summed E-state index contributed by atoms with van der Waals surface area (Å²) in [5.74, 6) is 1.42. The smallest absolute Gasteiger partial charge is 0.227 e. The van der Waals surface area contributed by atoms with Gasteiger partial charge in [0, 0.05) is 72.9 Å². The molecule has 190 valence electrons. The molecule has 5 rings (SSSR count). The Morgan fingerprint density at radius 2 is 2.08 bits per heavy atom. The van der Waals surface area contributed by atoms with Gasteiger partial charge in [0.1, 0.15) is 5.82 Å². The van der Waals surface area contributed by atoms with E-state index in [0.29, 0.717) is 23.6 Å². The van der Waals surface area contributed by atoms with Gasteiger partial charge in [-0.25, -0.2) is 15.0 Å². The van der Waals surface area contributed by atoms with Crippen molar-refractivity contribution in [1.29, 1.82) is 5.26 Å². The highest BCUT2D eigenvalue weighted by Gasteiger charge is 2.33. The fraction of sp³-hybridized carbons (Fsp3) is 0.357. The number of anilines is 3. The van der Waals surface area contributed by atoms with Crippen LogP contribution in [0.2, 0.25) is 0 Å². The summed E-state index contributed by atoms with van der Waals surface area (Å²) in [6, 6.07) is 12.9. The van der Waals surface area contributed by atoms with Crippen LogP contribution in [0.1, 0.15) is 47.7 Å². The molecular formula is C28H32N8S. The predicted octanol–water partition coefficient (Wildman–Crippen LogP) is 5.32. The number of piperidine rings is 1. The van der Waals surface area contributed by atoms with Crippen molar-refractivity contribution in [2.45, 2.75) is 51.9 Å². The lowest BCUT2D eigenvalue weighted by Crippen LogP contribution is -2.46. The van der Waals surface area contributed by atoms with Gasteiger partial charge in [-0.1, -0.05) is 24.6 Å². The lowest BCUT2D eigenvalue weighted by Gasteiger charge is -2.43. The number of nitrogens with zero attached hydrogens (tertiary/aromatic N) is 6. The van der Waals surface area contributed by atoms with Gasteiger partial charge in [0.2, 0.25) is 5.95 Å². The van der Waals surface area contributed by atoms with Crippen molar-refractivity contribution < 1.29 is 0 Å². The Kier molecular flexibility index (Phi) is 7.31. The van der Waals surface area contributed by atoms with Crippen molar-refractivity contribution in [2.24, 2.45) is 0 Å². The number of hydrogen-bond donors (Lipinski definition) is 2. The molecule has 2 atom stereocenters. The Bertz CT molecular complexity index is 1350. The molecular weight excluding hydrogens is 480 g/mol. The molecule has 0 bridgehead atoms. The Hall–Kier alpha value is -3.61. The number of aromatic nitrogens is 3. The van der Waals surface area contributed by atoms with Crippen LogP contribution < -0.4 is 10.0 Å². The zero-order valence-corrected chi connectivity index (χ0v) is 22.3. The van der Waals surface area contributed by atoms with Gasteiger partial charge in [0.15, 0.2) is 0 Å². The molecule has 0 aliphatic carbocycles. The number of aryl methyl sites for hydroxylation is 1. The number of nitrogens with one attached hydrogen (secondary N) is 2. The summed E-state index contributed by atoms with van der Waals surface area (Å²) in [7, 11) is 0. The summed E-state index contributed by atoms with van der Waals surface area (Å²) < 4.78 is 3.21. The number of rotatable bonds is 7. The molecule has 1 fully saturated rings. The molecule has 0 radical (unpaired) electrons. The van der Waals surface area contributed by atoms with Crippen LogP contribution in [0.5, 0.6) is 0 Å². The van der Waals surface area contributed by atoms with Crippen LogP contribution in [0.3, 0.4) is 0 Å². The third-order valence-electron chi connectivity index (χ3n) is 7.31. The third kappa shape index (κ3) is 5.41. The van der Waals surface area contributed by atoms with Crippen molar-refractivity contribution in [3.63, 3.8) is 0 Å². The fourth-order valence-corrected chi connectivity index (χ4v) is 5.58. The fourth-order valence-electron chi connectivity index (χ4n) is 5.26. The Morgan fingerprint density at radius 3 is 2.86 bits per heavy atom. The molecule has 1 saturated heterocycles. The van der Waals surface area contributed by atoms with Gasteiger partial charge >= 0.3 is 0 Å². The molecule has 3 aromatic rings. The molecule has 2 aliphatic rings. The van der Waals surface area contributed by atoms with E-state index < -0.39 is 0 Å². The second-order valence-electron chi connectivity index (χ2n) is 9.74. The van der Waals surface area contributed by atoms with Crippen LogP contribution in [0, 0.1) is 18.3 Å². The van der Waals surface area contributed by atoms with Gasteiger partial charge in [-0.2, -0.15) is 5.26 Å². The van der Waals surface area contributed by atoms with Crippen LogP contribution in [0.25, 0.3) is 5.70 Å². The molecule has 2 N–H and O–H groups in total. The second kappa shape index (κ2) is 10.8. The first-order valence-corrected chi connectivity index (χ1v) is 13.7. The molecule has 0 unspecified atom stereocenters. The molecule has 0 amide bonds. The zero-order valence-electron chi connectivity index (χ0n) is 21.5. The second-order valence-corrected chi connectivity index (χ2v) is 10.4. The third-order valence-corrected chi connectivity index (χ3v) is 7.72. The number of likely N-dealkylation sites (tertiary alicyclic amines) is 1. The van der Waals surface area contributed by atoms with Crippen LogP contribution in [-0.4, -0.2) is 49.6 Å². The van der Waals surface area contributed by atoms with E-state index >= 15 is 0 Å². The minimum absolute atomic E-state index is 0.388. The van der Waals surface area contributed by atoms with E-state index in [1.165, 1.54) is 17.5 Å². The Labute approximate surface area is 223 Å². The van der Waals surface area contributed by atoms with Crippen LogP contribution in [-0.2, 0) is 13.1 Å². The normalized spacial score (nSPS) is 19.2. The summed E-state index contributed by atoms with van der Waals surface area (Å²) in [6.45, 7) is 11.3. The van der Waals surface area contributed by atoms with E-state index in [0.717, 1.165) is 66.5 Å². The average Bonchev–Trinajstić information content (AvgIpc) is 3.33. The summed E-state index contributed by atoms with van der Waals surface area (Å²) >= 11 is 1.54. The van der Waals surface area contributed by atoms with Gasteiger partial charge < -0.3 is 14.9 Å². The van der Waals surface area contributed by atoms with Crippen molar-refractivity contribution in [1.82, 2.24) is 24.8 Å². The number of fused-ring (bicyclic) bond motifs is 1. The molecule has 1 aromatic carbocycles. The summed E-state index contributed by atoms with van der Waals surface area (Å²) in [6.07, 6.45) is 7.92. The monoisotopic (exact) mass is 512 g/mol. The number of nitriles is 1. The maximum Gasteiger partial charge on any atom is 0.227 e. The predicted molar refractivity (Wildman–Crippen MR) is 150 cm³/mol. The van der Waals surface area contributed by atoms with Gasteiger partial charge in [-0.15, -0.1) is 0 Å². The van der Waals surface area contributed by atoms with Crippen molar-refractivity contribution in [3.05, 3.63) is 77.3 Å². The summed E-state index contributed by atoms with van der Waals surface area (Å²) in [5.41, 5.74) is 6.87. The van der Waals surface area contributed by atoms with E-state index in [1.54, 1.807) is 0 Å². The lowest BCUT2D eigenvalue weighted by molar-refractivity contribution is 0.102. The lowest BCUT2D eigenvalue weighted by atomic mass is 9.95. The first-order valence-electron chi connectivity index (χ1n) is 12.5. The molecule has 9 heteroatoms. The molecule has 37 heavy (non-hydrogen) atoms. The minimum atomic E-state index is 0.388. The van der Waals surface area contributed by atoms with Crippen LogP contribution in [0.15, 0.2) is 49.3 Å². The maximum atomic E-state index is 9.31.